The first-order valence-corrected chi connectivity index (χ1v) is 12.3. The zero-order valence-corrected chi connectivity index (χ0v) is 19.8. The fraction of sp³-hybridized carbons (Fsp3) is 1.00. The lowest BCUT2D eigenvalue weighted by Crippen LogP contribution is -2.47. The lowest BCUT2D eigenvalue weighted by Gasteiger charge is -2.36. The summed E-state index contributed by atoms with van der Waals surface area (Å²) in [6.07, 6.45) is 14.2. The molecule has 0 bridgehead atoms. The Morgan fingerprint density at radius 3 is 1.39 bits per heavy atom. The minimum atomic E-state index is -1.20. The predicted octanol–water partition coefficient (Wildman–Crippen LogP) is 2.39. The van der Waals surface area contributed by atoms with Gasteiger partial charge in [-0.15, -0.1) is 0 Å². The molecule has 1 unspecified atom stereocenters. The third-order valence-corrected chi connectivity index (χ3v) is 6.47. The van der Waals surface area contributed by atoms with Crippen molar-refractivity contribution in [3.8, 4) is 0 Å². The summed E-state index contributed by atoms with van der Waals surface area (Å²) in [5.41, 5.74) is -2.39. The van der Waals surface area contributed by atoms with Crippen LogP contribution in [-0.4, -0.2) is 83.0 Å². The van der Waals surface area contributed by atoms with Gasteiger partial charge in [-0.2, -0.15) is 0 Å². The average molecular weight is 451 g/mol. The Balaban J connectivity index is 4.07. The molecule has 0 aliphatic rings. The van der Waals surface area contributed by atoms with Crippen molar-refractivity contribution in [1.29, 1.82) is 0 Å². The van der Waals surface area contributed by atoms with Gasteiger partial charge in [0.15, 0.2) is 0 Å². The molecule has 0 amide bonds. The molecule has 0 aromatic rings. The zero-order chi connectivity index (χ0) is 23.4. The first-order valence-electron chi connectivity index (χ1n) is 12.3. The Labute approximate surface area is 189 Å². The second-order valence-electron chi connectivity index (χ2n) is 9.34. The third-order valence-electron chi connectivity index (χ3n) is 6.47. The van der Waals surface area contributed by atoms with Crippen LogP contribution in [0.25, 0.3) is 0 Å². The van der Waals surface area contributed by atoms with Crippen LogP contribution in [0.2, 0.25) is 0 Å². The molecule has 0 fully saturated rings. The number of hydrogen-bond donors (Lipinski definition) is 6. The quantitative estimate of drug-likeness (QED) is 0.132. The summed E-state index contributed by atoms with van der Waals surface area (Å²) in [4.78, 5) is 0. The Kier molecular flexibility index (Phi) is 19.0. The molecule has 1 atom stereocenters. The molecule has 31 heavy (non-hydrogen) atoms. The van der Waals surface area contributed by atoms with Gasteiger partial charge in [0, 0.05) is 0 Å². The van der Waals surface area contributed by atoms with Crippen LogP contribution in [-0.2, 0) is 4.74 Å². The van der Waals surface area contributed by atoms with E-state index < -0.39 is 50.0 Å². The van der Waals surface area contributed by atoms with E-state index in [2.05, 4.69) is 6.92 Å². The molecule has 0 radical (unpaired) electrons. The maximum Gasteiger partial charge on any atom is 0.0662 e. The van der Waals surface area contributed by atoms with E-state index in [0.29, 0.717) is 6.42 Å². The van der Waals surface area contributed by atoms with E-state index in [1.165, 1.54) is 57.8 Å². The highest BCUT2D eigenvalue weighted by Gasteiger charge is 2.38. The molecule has 0 saturated carbocycles. The van der Waals surface area contributed by atoms with Crippen molar-refractivity contribution >= 4 is 0 Å². The Morgan fingerprint density at radius 1 is 0.581 bits per heavy atom. The number of ether oxygens (including phenoxy) is 1. The van der Waals surface area contributed by atoms with Gasteiger partial charge in [-0.3, -0.25) is 0 Å². The smallest absolute Gasteiger partial charge is 0.0662 e. The van der Waals surface area contributed by atoms with Crippen LogP contribution < -0.4 is 0 Å². The zero-order valence-electron chi connectivity index (χ0n) is 19.8. The fourth-order valence-electron chi connectivity index (χ4n) is 3.69. The molecule has 0 aliphatic carbocycles. The second kappa shape index (κ2) is 19.2. The molecule has 0 spiro atoms. The lowest BCUT2D eigenvalue weighted by molar-refractivity contribution is -0.128. The molecular weight excluding hydrogens is 400 g/mol. The van der Waals surface area contributed by atoms with E-state index in [-0.39, 0.29) is 13.2 Å². The van der Waals surface area contributed by atoms with E-state index in [4.69, 9.17) is 4.74 Å². The summed E-state index contributed by atoms with van der Waals surface area (Å²) in [6.45, 7) is -0.253. The highest BCUT2D eigenvalue weighted by Crippen LogP contribution is 2.27. The largest absolute Gasteiger partial charge is 0.396 e. The van der Waals surface area contributed by atoms with Crippen LogP contribution >= 0.6 is 0 Å². The SMILES string of the molecule is CCCCCCCCCCCCCCC(O)C(CO)(CO)COCC(CO)(CO)CO. The molecular formula is C24H50O7. The van der Waals surface area contributed by atoms with Crippen molar-refractivity contribution in [2.75, 3.05) is 46.2 Å². The third kappa shape index (κ3) is 12.5. The van der Waals surface area contributed by atoms with Crippen LogP contribution in [0, 0.1) is 10.8 Å². The minimum absolute atomic E-state index is 0.124. The molecule has 188 valence electrons. The molecule has 7 nitrogen and oxygen atoms in total. The van der Waals surface area contributed by atoms with Gasteiger partial charge in [-0.05, 0) is 6.42 Å². The van der Waals surface area contributed by atoms with Crippen molar-refractivity contribution < 1.29 is 35.4 Å². The van der Waals surface area contributed by atoms with Crippen molar-refractivity contribution in [3.63, 3.8) is 0 Å². The van der Waals surface area contributed by atoms with Crippen molar-refractivity contribution in [1.82, 2.24) is 0 Å². The maximum atomic E-state index is 10.6. The van der Waals surface area contributed by atoms with Crippen molar-refractivity contribution in [2.24, 2.45) is 10.8 Å². The van der Waals surface area contributed by atoms with Gasteiger partial charge in [0.2, 0.25) is 0 Å². The number of rotatable bonds is 23. The second-order valence-corrected chi connectivity index (χ2v) is 9.34. The fourth-order valence-corrected chi connectivity index (χ4v) is 3.69. The van der Waals surface area contributed by atoms with Gasteiger partial charge in [-0.25, -0.2) is 0 Å². The van der Waals surface area contributed by atoms with E-state index >= 15 is 0 Å². The van der Waals surface area contributed by atoms with Gasteiger partial charge < -0.3 is 35.4 Å². The number of aliphatic hydroxyl groups is 6. The highest BCUT2D eigenvalue weighted by atomic mass is 16.5. The Bertz CT molecular complexity index is 376. The van der Waals surface area contributed by atoms with Crippen molar-refractivity contribution in [3.05, 3.63) is 0 Å². The average Bonchev–Trinajstić information content (AvgIpc) is 2.80. The van der Waals surface area contributed by atoms with Crippen LogP contribution in [0.15, 0.2) is 0 Å². The van der Waals surface area contributed by atoms with Crippen LogP contribution in [0.3, 0.4) is 0 Å². The maximum absolute atomic E-state index is 10.6. The van der Waals surface area contributed by atoms with Gasteiger partial charge in [0.25, 0.3) is 0 Å². The van der Waals surface area contributed by atoms with E-state index in [1.54, 1.807) is 0 Å². The van der Waals surface area contributed by atoms with Gasteiger partial charge in [-0.1, -0.05) is 84.0 Å². The summed E-state index contributed by atoms with van der Waals surface area (Å²) >= 11 is 0. The van der Waals surface area contributed by atoms with Crippen LogP contribution in [0.1, 0.15) is 90.4 Å². The molecule has 0 rings (SSSR count). The first-order chi connectivity index (χ1) is 15.0. The number of unbranched alkanes of at least 4 members (excludes halogenated alkanes) is 11. The van der Waals surface area contributed by atoms with Crippen LogP contribution in [0.4, 0.5) is 0 Å². The van der Waals surface area contributed by atoms with Crippen molar-refractivity contribution in [2.45, 2.75) is 96.5 Å². The van der Waals surface area contributed by atoms with Gasteiger partial charge >= 0.3 is 0 Å². The standard InChI is InChI=1S/C24H50O7/c1-2-3-4-5-6-7-8-9-10-11-12-13-14-22(30)24(18-28,19-29)21-31-20-23(15-25,16-26)17-27/h22,25-30H,2-21H2,1H3. The summed E-state index contributed by atoms with van der Waals surface area (Å²) in [7, 11) is 0. The van der Waals surface area contributed by atoms with E-state index in [9.17, 15) is 30.6 Å². The first kappa shape index (κ1) is 30.7. The van der Waals surface area contributed by atoms with E-state index in [1.807, 2.05) is 0 Å². The highest BCUT2D eigenvalue weighted by molar-refractivity contribution is 4.86. The Hall–Kier alpha value is -0.280. The summed E-state index contributed by atoms with van der Waals surface area (Å²) in [6, 6.07) is 0. The molecule has 0 heterocycles. The summed E-state index contributed by atoms with van der Waals surface area (Å²) < 4.78 is 5.49. The molecule has 0 aliphatic heterocycles. The van der Waals surface area contributed by atoms with Gasteiger partial charge in [0.05, 0.1) is 63.2 Å². The van der Waals surface area contributed by atoms with Gasteiger partial charge in [0.1, 0.15) is 0 Å². The number of aliphatic hydroxyl groups excluding tert-OH is 6. The van der Waals surface area contributed by atoms with E-state index in [0.717, 1.165) is 19.3 Å². The summed E-state index contributed by atoms with van der Waals surface area (Å²) in [5, 5.41) is 58.2. The molecule has 0 aromatic heterocycles. The topological polar surface area (TPSA) is 131 Å². The number of hydrogen-bond acceptors (Lipinski definition) is 7. The monoisotopic (exact) mass is 450 g/mol. The Morgan fingerprint density at radius 2 is 1.00 bits per heavy atom. The summed E-state index contributed by atoms with van der Waals surface area (Å²) in [5.74, 6) is 0. The van der Waals surface area contributed by atoms with Crippen LogP contribution in [0.5, 0.6) is 0 Å². The molecule has 0 saturated heterocycles. The normalized spacial score (nSPS) is 13.6. The predicted molar refractivity (Wildman–Crippen MR) is 123 cm³/mol. The molecule has 7 heteroatoms. The molecule has 0 aromatic carbocycles. The minimum Gasteiger partial charge on any atom is -0.396 e. The lowest BCUT2D eigenvalue weighted by atomic mass is 9.81. The molecule has 6 N–H and O–H groups in total.